The van der Waals surface area contributed by atoms with Gasteiger partial charge in [-0.05, 0) is 25.1 Å². The fourth-order valence-electron chi connectivity index (χ4n) is 1.29. The standard InChI is InChI=1S/C11H11N3OS/c1-7-5-10(15)14-11(13-7)16-9-4-2-3-8(12)6-9/h2-6H,12H2,1H3,(H,13,14,15). The van der Waals surface area contributed by atoms with Gasteiger partial charge in [0.2, 0.25) is 0 Å². The molecule has 0 fully saturated rings. The van der Waals surface area contributed by atoms with Gasteiger partial charge >= 0.3 is 0 Å². The van der Waals surface area contributed by atoms with E-state index in [1.807, 2.05) is 24.3 Å². The Hall–Kier alpha value is -1.75. The van der Waals surface area contributed by atoms with Crippen LogP contribution in [0, 0.1) is 6.92 Å². The number of nitrogens with two attached hydrogens (primary N) is 1. The Morgan fingerprint density at radius 3 is 2.88 bits per heavy atom. The van der Waals surface area contributed by atoms with Crippen molar-refractivity contribution in [1.82, 2.24) is 9.97 Å². The van der Waals surface area contributed by atoms with Gasteiger partial charge in [-0.25, -0.2) is 4.98 Å². The van der Waals surface area contributed by atoms with Crippen molar-refractivity contribution in [3.05, 3.63) is 46.4 Å². The predicted octanol–water partition coefficient (Wildman–Crippen LogP) is 1.81. The molecular formula is C11H11N3OS. The summed E-state index contributed by atoms with van der Waals surface area (Å²) in [7, 11) is 0. The topological polar surface area (TPSA) is 71.8 Å². The summed E-state index contributed by atoms with van der Waals surface area (Å²) < 4.78 is 0. The first-order chi connectivity index (χ1) is 7.63. The van der Waals surface area contributed by atoms with Crippen LogP contribution in [-0.2, 0) is 0 Å². The number of anilines is 1. The second-order valence-electron chi connectivity index (χ2n) is 3.37. The molecule has 1 heterocycles. The summed E-state index contributed by atoms with van der Waals surface area (Å²) in [5.41, 5.74) is 6.92. The molecule has 1 aromatic heterocycles. The van der Waals surface area contributed by atoms with Gasteiger partial charge in [-0.15, -0.1) is 0 Å². The zero-order chi connectivity index (χ0) is 11.5. The third-order valence-corrected chi connectivity index (χ3v) is 2.80. The summed E-state index contributed by atoms with van der Waals surface area (Å²) in [6.45, 7) is 1.79. The summed E-state index contributed by atoms with van der Waals surface area (Å²) >= 11 is 1.38. The van der Waals surface area contributed by atoms with Gasteiger partial charge in [-0.1, -0.05) is 17.8 Å². The normalized spacial score (nSPS) is 10.3. The van der Waals surface area contributed by atoms with Crippen LogP contribution in [0.1, 0.15) is 5.69 Å². The van der Waals surface area contributed by atoms with Crippen molar-refractivity contribution in [2.75, 3.05) is 5.73 Å². The summed E-state index contributed by atoms with van der Waals surface area (Å²) in [5, 5.41) is 0.579. The molecule has 1 aromatic carbocycles. The van der Waals surface area contributed by atoms with Crippen LogP contribution < -0.4 is 11.3 Å². The molecule has 0 amide bonds. The van der Waals surface area contributed by atoms with E-state index in [4.69, 9.17) is 5.73 Å². The van der Waals surface area contributed by atoms with E-state index in [0.29, 0.717) is 16.5 Å². The lowest BCUT2D eigenvalue weighted by Gasteiger charge is -2.02. The maximum absolute atomic E-state index is 11.2. The maximum Gasteiger partial charge on any atom is 0.251 e. The fourth-order valence-corrected chi connectivity index (χ4v) is 2.20. The molecule has 0 saturated heterocycles. The van der Waals surface area contributed by atoms with E-state index in [9.17, 15) is 4.79 Å². The van der Waals surface area contributed by atoms with Crippen molar-refractivity contribution >= 4 is 17.4 Å². The second kappa shape index (κ2) is 4.40. The summed E-state index contributed by atoms with van der Waals surface area (Å²) in [4.78, 5) is 19.1. The van der Waals surface area contributed by atoms with Crippen molar-refractivity contribution < 1.29 is 0 Å². The highest BCUT2D eigenvalue weighted by Gasteiger charge is 2.01. The van der Waals surface area contributed by atoms with E-state index in [-0.39, 0.29) is 5.56 Å². The largest absolute Gasteiger partial charge is 0.399 e. The molecule has 0 spiro atoms. The van der Waals surface area contributed by atoms with Crippen molar-refractivity contribution in [2.45, 2.75) is 17.0 Å². The van der Waals surface area contributed by atoms with Crippen LogP contribution in [0.15, 0.2) is 45.2 Å². The molecule has 5 heteroatoms. The highest BCUT2D eigenvalue weighted by atomic mass is 32.2. The van der Waals surface area contributed by atoms with Crippen molar-refractivity contribution in [1.29, 1.82) is 0 Å². The Kier molecular flexibility index (Phi) is 2.96. The first-order valence-corrected chi connectivity index (χ1v) is 5.56. The Labute approximate surface area is 96.9 Å². The van der Waals surface area contributed by atoms with E-state index in [0.717, 1.165) is 4.90 Å². The van der Waals surface area contributed by atoms with Crippen molar-refractivity contribution in [2.24, 2.45) is 0 Å². The third kappa shape index (κ3) is 2.64. The molecule has 0 saturated carbocycles. The highest BCUT2D eigenvalue weighted by Crippen LogP contribution is 2.25. The van der Waals surface area contributed by atoms with E-state index in [2.05, 4.69) is 9.97 Å². The number of hydrogen-bond donors (Lipinski definition) is 2. The Balaban J connectivity index is 2.30. The molecule has 82 valence electrons. The van der Waals surface area contributed by atoms with Gasteiger partial charge < -0.3 is 10.7 Å². The zero-order valence-electron chi connectivity index (χ0n) is 8.73. The summed E-state index contributed by atoms with van der Waals surface area (Å²) in [5.74, 6) is 0. The van der Waals surface area contributed by atoms with Crippen LogP contribution in [0.4, 0.5) is 5.69 Å². The molecule has 0 radical (unpaired) electrons. The SMILES string of the molecule is Cc1cc(=O)[nH]c(Sc2cccc(N)c2)n1. The smallest absolute Gasteiger partial charge is 0.251 e. The minimum atomic E-state index is -0.140. The monoisotopic (exact) mass is 233 g/mol. The van der Waals surface area contributed by atoms with Gasteiger partial charge in [0.05, 0.1) is 0 Å². The predicted molar refractivity (Wildman–Crippen MR) is 64.6 cm³/mol. The molecule has 4 nitrogen and oxygen atoms in total. The average Bonchev–Trinajstić information content (AvgIpc) is 2.15. The first kappa shape index (κ1) is 10.8. The van der Waals surface area contributed by atoms with Gasteiger partial charge in [0.25, 0.3) is 5.56 Å². The van der Waals surface area contributed by atoms with Crippen LogP contribution in [0.2, 0.25) is 0 Å². The number of nitrogens with one attached hydrogen (secondary N) is 1. The second-order valence-corrected chi connectivity index (χ2v) is 4.43. The first-order valence-electron chi connectivity index (χ1n) is 4.75. The molecule has 16 heavy (non-hydrogen) atoms. The third-order valence-electron chi connectivity index (χ3n) is 1.92. The lowest BCUT2D eigenvalue weighted by Crippen LogP contribution is -2.07. The lowest BCUT2D eigenvalue weighted by atomic mass is 10.3. The lowest BCUT2D eigenvalue weighted by molar-refractivity contribution is 0.905. The van der Waals surface area contributed by atoms with Crippen molar-refractivity contribution in [3.8, 4) is 0 Å². The number of aromatic nitrogens is 2. The molecule has 0 aliphatic heterocycles. The molecule has 2 aromatic rings. The molecule has 0 aliphatic rings. The van der Waals surface area contributed by atoms with Crippen LogP contribution in [-0.4, -0.2) is 9.97 Å². The van der Waals surface area contributed by atoms with Crippen LogP contribution >= 0.6 is 11.8 Å². The van der Waals surface area contributed by atoms with Gasteiger partial charge in [0.15, 0.2) is 5.16 Å². The number of hydrogen-bond acceptors (Lipinski definition) is 4. The molecule has 3 N–H and O–H groups in total. The molecule has 2 rings (SSSR count). The molecule has 0 bridgehead atoms. The molecular weight excluding hydrogens is 222 g/mol. The minimum absolute atomic E-state index is 0.140. The minimum Gasteiger partial charge on any atom is -0.399 e. The van der Waals surface area contributed by atoms with Crippen LogP contribution in [0.3, 0.4) is 0 Å². The van der Waals surface area contributed by atoms with Gasteiger partial charge in [0, 0.05) is 22.3 Å². The average molecular weight is 233 g/mol. The number of benzene rings is 1. The van der Waals surface area contributed by atoms with E-state index in [1.54, 1.807) is 6.92 Å². The maximum atomic E-state index is 11.2. The van der Waals surface area contributed by atoms with Crippen LogP contribution in [0.25, 0.3) is 0 Å². The number of H-pyrrole nitrogens is 1. The van der Waals surface area contributed by atoms with Gasteiger partial charge in [0.1, 0.15) is 0 Å². The highest BCUT2D eigenvalue weighted by molar-refractivity contribution is 7.99. The molecule has 0 aliphatic carbocycles. The molecule has 0 atom stereocenters. The quantitative estimate of drug-likeness (QED) is 0.613. The van der Waals surface area contributed by atoms with Crippen LogP contribution in [0.5, 0.6) is 0 Å². The Bertz CT molecular complexity index is 565. The number of aryl methyl sites for hydroxylation is 1. The summed E-state index contributed by atoms with van der Waals surface area (Å²) in [6, 6.07) is 8.90. The van der Waals surface area contributed by atoms with Gasteiger partial charge in [-0.3, -0.25) is 4.79 Å². The Morgan fingerprint density at radius 2 is 2.19 bits per heavy atom. The van der Waals surface area contributed by atoms with E-state index >= 15 is 0 Å². The number of aromatic amines is 1. The van der Waals surface area contributed by atoms with Gasteiger partial charge in [-0.2, -0.15) is 0 Å². The fraction of sp³-hybridized carbons (Fsp3) is 0.0909. The Morgan fingerprint density at radius 1 is 1.38 bits per heavy atom. The van der Waals surface area contributed by atoms with E-state index < -0.39 is 0 Å². The zero-order valence-corrected chi connectivity index (χ0v) is 9.54. The number of nitrogen functional groups attached to an aromatic ring is 1. The summed E-state index contributed by atoms with van der Waals surface area (Å²) in [6.07, 6.45) is 0. The number of nitrogens with zero attached hydrogens (tertiary/aromatic N) is 1. The van der Waals surface area contributed by atoms with Crippen molar-refractivity contribution in [3.63, 3.8) is 0 Å². The molecule has 0 unspecified atom stereocenters. The number of rotatable bonds is 2. The van der Waals surface area contributed by atoms with E-state index in [1.165, 1.54) is 17.8 Å².